The van der Waals surface area contributed by atoms with Gasteiger partial charge in [0.05, 0.1) is 6.26 Å². The first-order chi connectivity index (χ1) is 8.56. The molecule has 1 aliphatic rings. The van der Waals surface area contributed by atoms with Crippen molar-refractivity contribution in [2.75, 3.05) is 13.6 Å². The van der Waals surface area contributed by atoms with Crippen LogP contribution in [0.4, 0.5) is 0 Å². The van der Waals surface area contributed by atoms with Crippen LogP contribution >= 0.6 is 0 Å². The summed E-state index contributed by atoms with van der Waals surface area (Å²) in [6, 6.07) is 2.00. The number of rotatable bonds is 3. The van der Waals surface area contributed by atoms with Crippen LogP contribution in [0.25, 0.3) is 0 Å². The van der Waals surface area contributed by atoms with Crippen molar-refractivity contribution in [1.29, 1.82) is 0 Å². The Hall–Kier alpha value is -1.98. The highest BCUT2D eigenvalue weighted by Gasteiger charge is 2.14. The second-order valence-electron chi connectivity index (χ2n) is 4.40. The predicted molar refractivity (Wildman–Crippen MR) is 71.4 cm³/mol. The minimum Gasteiger partial charge on any atom is -0.469 e. The van der Waals surface area contributed by atoms with Crippen molar-refractivity contribution in [2.45, 2.75) is 26.4 Å². The third-order valence-electron chi connectivity index (χ3n) is 2.92. The molecule has 1 aliphatic heterocycles. The molecule has 6 nitrogen and oxygen atoms in total. The second-order valence-corrected chi connectivity index (χ2v) is 4.40. The molecule has 0 saturated heterocycles. The molecule has 0 amide bonds. The van der Waals surface area contributed by atoms with E-state index in [4.69, 9.17) is 10.2 Å². The van der Waals surface area contributed by atoms with Gasteiger partial charge in [-0.15, -0.1) is 0 Å². The largest absolute Gasteiger partial charge is 0.469 e. The summed E-state index contributed by atoms with van der Waals surface area (Å²) in [5, 5.41) is 2.97. The Kier molecular flexibility index (Phi) is 3.55. The minimum atomic E-state index is -0.126. The number of hydrogen-bond donors (Lipinski definition) is 2. The van der Waals surface area contributed by atoms with Crippen LogP contribution in [0.2, 0.25) is 0 Å². The molecular formula is C12H19N5O. The Labute approximate surface area is 107 Å². The number of likely N-dealkylation sites (N-methyl/N-ethyl adjacent to an activating group) is 1. The predicted octanol–water partition coefficient (Wildman–Crippen LogP) is 0.682. The van der Waals surface area contributed by atoms with Gasteiger partial charge in [-0.1, -0.05) is 0 Å². The number of guanidine groups is 2. The molecule has 2 heterocycles. The Morgan fingerprint density at radius 3 is 2.89 bits per heavy atom. The van der Waals surface area contributed by atoms with Gasteiger partial charge in [-0.2, -0.15) is 0 Å². The quantitative estimate of drug-likeness (QED) is 0.825. The van der Waals surface area contributed by atoms with E-state index in [1.54, 1.807) is 6.26 Å². The van der Waals surface area contributed by atoms with E-state index >= 15 is 0 Å². The van der Waals surface area contributed by atoms with Crippen molar-refractivity contribution in [1.82, 2.24) is 10.2 Å². The van der Waals surface area contributed by atoms with E-state index in [1.165, 1.54) is 5.56 Å². The van der Waals surface area contributed by atoms with Gasteiger partial charge in [-0.3, -0.25) is 5.32 Å². The third kappa shape index (κ3) is 2.82. The maximum atomic E-state index is 5.68. The summed E-state index contributed by atoms with van der Waals surface area (Å²) in [7, 11) is 1.98. The Morgan fingerprint density at radius 1 is 1.50 bits per heavy atom. The smallest absolute Gasteiger partial charge is 0.202 e. The van der Waals surface area contributed by atoms with Crippen LogP contribution in [-0.2, 0) is 6.42 Å². The average molecular weight is 249 g/mol. The summed E-state index contributed by atoms with van der Waals surface area (Å²) >= 11 is 0. The zero-order valence-corrected chi connectivity index (χ0v) is 11.0. The maximum absolute atomic E-state index is 5.68. The highest BCUT2D eigenvalue weighted by molar-refractivity contribution is 5.99. The Balaban J connectivity index is 1.93. The normalized spacial score (nSPS) is 18.9. The molecule has 1 unspecified atom stereocenters. The van der Waals surface area contributed by atoms with Crippen LogP contribution in [0.15, 0.2) is 26.7 Å². The molecule has 2 rings (SSSR count). The van der Waals surface area contributed by atoms with Crippen LogP contribution in [0.3, 0.4) is 0 Å². The summed E-state index contributed by atoms with van der Waals surface area (Å²) in [6.45, 7) is 4.71. The van der Waals surface area contributed by atoms with Gasteiger partial charge in [0, 0.05) is 13.6 Å². The zero-order chi connectivity index (χ0) is 13.1. The lowest BCUT2D eigenvalue weighted by Crippen LogP contribution is -2.49. The SMILES string of the molecule is Cc1occc1CCN(C)C1=NC(C)N=C(N)N1. The van der Waals surface area contributed by atoms with Gasteiger partial charge >= 0.3 is 0 Å². The molecule has 1 atom stereocenters. The maximum Gasteiger partial charge on any atom is 0.202 e. The molecule has 0 bridgehead atoms. The molecule has 98 valence electrons. The van der Waals surface area contributed by atoms with Crippen LogP contribution < -0.4 is 11.1 Å². The molecule has 0 radical (unpaired) electrons. The highest BCUT2D eigenvalue weighted by Crippen LogP contribution is 2.10. The first-order valence-corrected chi connectivity index (χ1v) is 5.98. The molecule has 6 heteroatoms. The Morgan fingerprint density at radius 2 is 2.28 bits per heavy atom. The second kappa shape index (κ2) is 5.12. The van der Waals surface area contributed by atoms with Gasteiger partial charge in [0.25, 0.3) is 0 Å². The van der Waals surface area contributed by atoms with E-state index in [1.807, 2.05) is 31.9 Å². The number of nitrogens with two attached hydrogens (primary N) is 1. The topological polar surface area (TPSA) is 79.2 Å². The van der Waals surface area contributed by atoms with E-state index in [0.717, 1.165) is 24.7 Å². The minimum absolute atomic E-state index is 0.126. The molecule has 0 saturated carbocycles. The van der Waals surface area contributed by atoms with Gasteiger partial charge in [0.15, 0.2) is 5.96 Å². The van der Waals surface area contributed by atoms with Crippen molar-refractivity contribution in [3.05, 3.63) is 23.7 Å². The van der Waals surface area contributed by atoms with Crippen molar-refractivity contribution in [3.63, 3.8) is 0 Å². The van der Waals surface area contributed by atoms with Crippen molar-refractivity contribution < 1.29 is 4.42 Å². The number of aliphatic imine (C=N–C) groups is 2. The fourth-order valence-electron chi connectivity index (χ4n) is 1.84. The fraction of sp³-hybridized carbons (Fsp3) is 0.500. The summed E-state index contributed by atoms with van der Waals surface area (Å²) < 4.78 is 5.27. The van der Waals surface area contributed by atoms with Gasteiger partial charge in [-0.05, 0) is 31.9 Å². The summed E-state index contributed by atoms with van der Waals surface area (Å²) in [5.41, 5.74) is 6.90. The summed E-state index contributed by atoms with van der Waals surface area (Å²) in [4.78, 5) is 10.5. The fourth-order valence-corrected chi connectivity index (χ4v) is 1.84. The third-order valence-corrected chi connectivity index (χ3v) is 2.92. The molecule has 1 aromatic heterocycles. The lowest BCUT2D eigenvalue weighted by molar-refractivity contribution is 0.480. The molecule has 3 N–H and O–H groups in total. The van der Waals surface area contributed by atoms with Crippen molar-refractivity contribution in [2.24, 2.45) is 15.7 Å². The van der Waals surface area contributed by atoms with Crippen LogP contribution in [0, 0.1) is 6.92 Å². The molecule has 0 aliphatic carbocycles. The zero-order valence-electron chi connectivity index (χ0n) is 11.0. The van der Waals surface area contributed by atoms with Gasteiger partial charge < -0.3 is 15.1 Å². The number of hydrogen-bond acceptors (Lipinski definition) is 6. The van der Waals surface area contributed by atoms with Crippen LogP contribution in [-0.4, -0.2) is 36.6 Å². The molecule has 0 fully saturated rings. The molecular weight excluding hydrogens is 230 g/mol. The molecule has 0 aromatic carbocycles. The highest BCUT2D eigenvalue weighted by atomic mass is 16.3. The Bertz CT molecular complexity index is 477. The summed E-state index contributed by atoms with van der Waals surface area (Å²) in [6.07, 6.45) is 2.50. The first kappa shape index (κ1) is 12.5. The van der Waals surface area contributed by atoms with Crippen LogP contribution in [0.1, 0.15) is 18.2 Å². The van der Waals surface area contributed by atoms with Gasteiger partial charge in [0.1, 0.15) is 11.9 Å². The lowest BCUT2D eigenvalue weighted by Gasteiger charge is -2.25. The molecule has 18 heavy (non-hydrogen) atoms. The van der Waals surface area contributed by atoms with Crippen LogP contribution in [0.5, 0.6) is 0 Å². The van der Waals surface area contributed by atoms with Crippen molar-refractivity contribution >= 4 is 11.9 Å². The number of furan rings is 1. The van der Waals surface area contributed by atoms with Gasteiger partial charge in [-0.25, -0.2) is 9.98 Å². The monoisotopic (exact) mass is 249 g/mol. The van der Waals surface area contributed by atoms with E-state index in [-0.39, 0.29) is 6.17 Å². The van der Waals surface area contributed by atoms with Gasteiger partial charge in [0.2, 0.25) is 5.96 Å². The number of nitrogens with zero attached hydrogens (tertiary/aromatic N) is 3. The number of aryl methyl sites for hydroxylation is 1. The number of nitrogens with one attached hydrogen (secondary N) is 1. The molecule has 0 spiro atoms. The van der Waals surface area contributed by atoms with E-state index in [2.05, 4.69) is 15.3 Å². The standard InChI is InChI=1S/C12H19N5O/c1-8-10(5-7-18-8)4-6-17(3)12-15-9(2)14-11(13)16-12/h5,7,9H,4,6H2,1-3H3,(H3,13,14,15,16). The van der Waals surface area contributed by atoms with E-state index in [0.29, 0.717) is 5.96 Å². The lowest BCUT2D eigenvalue weighted by atomic mass is 10.2. The van der Waals surface area contributed by atoms with E-state index < -0.39 is 0 Å². The first-order valence-electron chi connectivity index (χ1n) is 5.98. The molecule has 1 aromatic rings. The average Bonchev–Trinajstić information content (AvgIpc) is 2.70. The van der Waals surface area contributed by atoms with Crippen molar-refractivity contribution in [3.8, 4) is 0 Å². The van der Waals surface area contributed by atoms with E-state index in [9.17, 15) is 0 Å². The summed E-state index contributed by atoms with van der Waals surface area (Å²) in [5.74, 6) is 2.14.